The molecule has 0 radical (unpaired) electrons. The van der Waals surface area contributed by atoms with Crippen LogP contribution in [-0.4, -0.2) is 5.11 Å². The monoisotopic (exact) mass is 267 g/mol. The van der Waals surface area contributed by atoms with Gasteiger partial charge in [0.25, 0.3) is 0 Å². The molecule has 0 saturated heterocycles. The number of nitrogens with one attached hydrogen (secondary N) is 1. The van der Waals surface area contributed by atoms with Gasteiger partial charge < -0.3 is 10.4 Å². The van der Waals surface area contributed by atoms with Gasteiger partial charge in [0, 0.05) is 12.6 Å². The van der Waals surface area contributed by atoms with E-state index in [0.717, 1.165) is 13.0 Å². The normalized spacial score (nSPS) is 19.8. The lowest BCUT2D eigenvalue weighted by atomic mass is 9.85. The zero-order chi connectivity index (χ0) is 14.2. The van der Waals surface area contributed by atoms with E-state index >= 15 is 0 Å². The van der Waals surface area contributed by atoms with Crippen LogP contribution in [0.3, 0.4) is 0 Å². The van der Waals surface area contributed by atoms with Crippen molar-refractivity contribution < 1.29 is 5.11 Å². The van der Waals surface area contributed by atoms with Crippen LogP contribution in [0.25, 0.3) is 0 Å². The third kappa shape index (κ3) is 2.44. The molecule has 2 N–H and O–H groups in total. The zero-order valence-corrected chi connectivity index (χ0v) is 12.1. The third-order valence-electron chi connectivity index (χ3n) is 4.24. The van der Waals surface area contributed by atoms with E-state index in [1.54, 1.807) is 12.1 Å². The number of phenolic OH excluding ortho intramolecular Hbond substituents is 1. The molecule has 2 aromatic carbocycles. The SMILES string of the molecule is CC1(C)Cc2ccccc2C1NCc1ccc(O)cc1. The van der Waals surface area contributed by atoms with Crippen LogP contribution < -0.4 is 5.32 Å². The van der Waals surface area contributed by atoms with Gasteiger partial charge in [0.05, 0.1) is 0 Å². The summed E-state index contributed by atoms with van der Waals surface area (Å²) in [7, 11) is 0. The summed E-state index contributed by atoms with van der Waals surface area (Å²) < 4.78 is 0. The smallest absolute Gasteiger partial charge is 0.115 e. The Hall–Kier alpha value is -1.80. The Bertz CT molecular complexity index is 601. The first kappa shape index (κ1) is 13.2. The molecule has 104 valence electrons. The molecule has 2 nitrogen and oxygen atoms in total. The summed E-state index contributed by atoms with van der Waals surface area (Å²) >= 11 is 0. The Morgan fingerprint density at radius 2 is 1.80 bits per heavy atom. The Balaban J connectivity index is 1.78. The predicted molar refractivity (Wildman–Crippen MR) is 81.6 cm³/mol. The fraction of sp³-hybridized carbons (Fsp3) is 0.333. The highest BCUT2D eigenvalue weighted by Gasteiger charge is 2.38. The van der Waals surface area contributed by atoms with Crippen LogP contribution in [0.4, 0.5) is 0 Å². The van der Waals surface area contributed by atoms with Gasteiger partial charge in [-0.1, -0.05) is 50.2 Å². The summed E-state index contributed by atoms with van der Waals surface area (Å²) in [5.74, 6) is 0.320. The highest BCUT2D eigenvalue weighted by Crippen LogP contribution is 2.45. The Morgan fingerprint density at radius 3 is 2.55 bits per heavy atom. The van der Waals surface area contributed by atoms with E-state index in [9.17, 15) is 5.11 Å². The van der Waals surface area contributed by atoms with Gasteiger partial charge in [-0.15, -0.1) is 0 Å². The maximum atomic E-state index is 9.33. The van der Waals surface area contributed by atoms with E-state index in [4.69, 9.17) is 0 Å². The third-order valence-corrected chi connectivity index (χ3v) is 4.24. The molecule has 1 aliphatic rings. The number of benzene rings is 2. The van der Waals surface area contributed by atoms with Gasteiger partial charge in [-0.05, 0) is 40.7 Å². The summed E-state index contributed by atoms with van der Waals surface area (Å²) in [6.07, 6.45) is 1.12. The Morgan fingerprint density at radius 1 is 1.10 bits per heavy atom. The molecule has 1 atom stereocenters. The number of phenols is 1. The highest BCUT2D eigenvalue weighted by molar-refractivity contribution is 5.37. The maximum absolute atomic E-state index is 9.33. The van der Waals surface area contributed by atoms with Gasteiger partial charge in [-0.3, -0.25) is 0 Å². The predicted octanol–water partition coefficient (Wildman–Crippen LogP) is 3.81. The summed E-state index contributed by atoms with van der Waals surface area (Å²) in [6.45, 7) is 5.46. The van der Waals surface area contributed by atoms with Gasteiger partial charge in [0.15, 0.2) is 0 Å². The van der Waals surface area contributed by atoms with Crippen LogP contribution in [0.1, 0.15) is 36.6 Å². The maximum Gasteiger partial charge on any atom is 0.115 e. The average Bonchev–Trinajstić information content (AvgIpc) is 2.68. The molecule has 0 amide bonds. The lowest BCUT2D eigenvalue weighted by molar-refractivity contribution is 0.268. The molecule has 20 heavy (non-hydrogen) atoms. The minimum absolute atomic E-state index is 0.237. The van der Waals surface area contributed by atoms with Crippen molar-refractivity contribution in [3.63, 3.8) is 0 Å². The molecule has 1 unspecified atom stereocenters. The topological polar surface area (TPSA) is 32.3 Å². The first-order valence-corrected chi connectivity index (χ1v) is 7.15. The van der Waals surface area contributed by atoms with Gasteiger partial charge >= 0.3 is 0 Å². The van der Waals surface area contributed by atoms with Crippen LogP contribution in [-0.2, 0) is 13.0 Å². The highest BCUT2D eigenvalue weighted by atomic mass is 16.3. The molecular formula is C18H21NO. The van der Waals surface area contributed by atoms with E-state index in [2.05, 4.69) is 43.4 Å². The molecule has 0 aromatic heterocycles. The number of hydrogen-bond acceptors (Lipinski definition) is 2. The van der Waals surface area contributed by atoms with Crippen molar-refractivity contribution in [2.45, 2.75) is 32.9 Å². The number of aromatic hydroxyl groups is 1. The molecule has 2 aromatic rings. The molecule has 0 spiro atoms. The standard InChI is InChI=1S/C18H21NO/c1-18(2)11-14-5-3-4-6-16(14)17(18)19-12-13-7-9-15(20)10-8-13/h3-10,17,19-20H,11-12H2,1-2H3. The summed E-state index contributed by atoms with van der Waals surface area (Å²) in [6, 6.07) is 16.5. The van der Waals surface area contributed by atoms with Gasteiger partial charge in [0.2, 0.25) is 0 Å². The van der Waals surface area contributed by atoms with Crippen LogP contribution in [0.2, 0.25) is 0 Å². The second-order valence-electron chi connectivity index (χ2n) is 6.34. The molecule has 3 rings (SSSR count). The van der Waals surface area contributed by atoms with Crippen LogP contribution in [0.5, 0.6) is 5.75 Å². The lowest BCUT2D eigenvalue weighted by Gasteiger charge is -2.28. The molecule has 0 fully saturated rings. The van der Waals surface area contributed by atoms with E-state index in [1.165, 1.54) is 16.7 Å². The summed E-state index contributed by atoms with van der Waals surface area (Å²) in [5, 5.41) is 13.0. The van der Waals surface area contributed by atoms with Crippen molar-refractivity contribution in [2.24, 2.45) is 5.41 Å². The van der Waals surface area contributed by atoms with Gasteiger partial charge in [-0.2, -0.15) is 0 Å². The van der Waals surface area contributed by atoms with Crippen molar-refractivity contribution in [1.29, 1.82) is 0 Å². The van der Waals surface area contributed by atoms with E-state index in [-0.39, 0.29) is 5.41 Å². The number of hydrogen-bond donors (Lipinski definition) is 2. The molecule has 0 saturated carbocycles. The summed E-state index contributed by atoms with van der Waals surface area (Å²) in [5.41, 5.74) is 4.32. The van der Waals surface area contributed by atoms with E-state index in [0.29, 0.717) is 11.8 Å². The lowest BCUT2D eigenvalue weighted by Crippen LogP contribution is -2.30. The van der Waals surface area contributed by atoms with Gasteiger partial charge in [-0.25, -0.2) is 0 Å². The quantitative estimate of drug-likeness (QED) is 0.886. The number of rotatable bonds is 3. The fourth-order valence-electron chi connectivity index (χ4n) is 3.21. The van der Waals surface area contributed by atoms with Crippen molar-refractivity contribution in [2.75, 3.05) is 0 Å². The second-order valence-corrected chi connectivity index (χ2v) is 6.34. The first-order valence-electron chi connectivity index (χ1n) is 7.15. The molecule has 1 aliphatic carbocycles. The number of fused-ring (bicyclic) bond motifs is 1. The Kier molecular flexibility index (Phi) is 3.27. The van der Waals surface area contributed by atoms with Crippen LogP contribution in [0.15, 0.2) is 48.5 Å². The minimum atomic E-state index is 0.237. The molecular weight excluding hydrogens is 246 g/mol. The summed E-state index contributed by atoms with van der Waals surface area (Å²) in [4.78, 5) is 0. The van der Waals surface area contributed by atoms with E-state index < -0.39 is 0 Å². The van der Waals surface area contributed by atoms with Crippen LogP contribution in [0, 0.1) is 5.41 Å². The zero-order valence-electron chi connectivity index (χ0n) is 12.1. The first-order chi connectivity index (χ1) is 9.56. The molecule has 0 heterocycles. The van der Waals surface area contributed by atoms with E-state index in [1.807, 2.05) is 12.1 Å². The van der Waals surface area contributed by atoms with Crippen molar-refractivity contribution in [3.8, 4) is 5.75 Å². The molecule has 2 heteroatoms. The van der Waals surface area contributed by atoms with Crippen molar-refractivity contribution in [1.82, 2.24) is 5.32 Å². The van der Waals surface area contributed by atoms with Crippen LogP contribution >= 0.6 is 0 Å². The second kappa shape index (κ2) is 4.95. The van der Waals surface area contributed by atoms with Gasteiger partial charge in [0.1, 0.15) is 5.75 Å². The van der Waals surface area contributed by atoms with Crippen molar-refractivity contribution >= 4 is 0 Å². The molecule has 0 aliphatic heterocycles. The largest absolute Gasteiger partial charge is 0.508 e. The fourth-order valence-corrected chi connectivity index (χ4v) is 3.21. The van der Waals surface area contributed by atoms with Crippen molar-refractivity contribution in [3.05, 3.63) is 65.2 Å². The minimum Gasteiger partial charge on any atom is -0.508 e. The Labute approximate surface area is 120 Å². The molecule has 0 bridgehead atoms. The average molecular weight is 267 g/mol.